The lowest BCUT2D eigenvalue weighted by atomic mass is 9.55. The Labute approximate surface area is 181 Å². The number of hydrogen-bond donors (Lipinski definition) is 5. The maximum atomic E-state index is 13.6. The number of esters is 1. The van der Waals surface area contributed by atoms with E-state index in [-0.39, 0.29) is 16.9 Å². The molecule has 4 rings (SSSR count). The van der Waals surface area contributed by atoms with E-state index in [1.165, 1.54) is 6.07 Å². The third kappa shape index (κ3) is 2.62. The second-order valence-electron chi connectivity index (χ2n) is 8.31. The molecule has 6 N–H and O–H groups in total. The Morgan fingerprint density at radius 3 is 2.44 bits per heavy atom. The summed E-state index contributed by atoms with van der Waals surface area (Å²) in [5, 5.41) is 43.4. The largest absolute Gasteiger partial charge is 0.508 e. The number of ketones is 2. The number of fused-ring (bicyclic) bond motifs is 3. The zero-order valence-electron chi connectivity index (χ0n) is 17.2. The van der Waals surface area contributed by atoms with Gasteiger partial charge in [0.15, 0.2) is 11.4 Å². The van der Waals surface area contributed by atoms with Gasteiger partial charge in [-0.3, -0.25) is 19.2 Å². The first kappa shape index (κ1) is 21.6. The predicted octanol–water partition coefficient (Wildman–Crippen LogP) is 0.526. The number of Topliss-reactive ketones (excluding diaryl/α,β-unsaturated/α-hetero) is 2. The van der Waals surface area contributed by atoms with Crippen LogP contribution in [0.15, 0.2) is 35.1 Å². The lowest BCUT2D eigenvalue weighted by Gasteiger charge is -2.51. The number of carbonyl (C=O) groups is 4. The van der Waals surface area contributed by atoms with E-state index in [2.05, 4.69) is 0 Å². The molecule has 3 aliphatic rings. The molecular weight excluding hydrogens is 422 g/mol. The predicted molar refractivity (Wildman–Crippen MR) is 107 cm³/mol. The second-order valence-corrected chi connectivity index (χ2v) is 8.31. The Bertz CT molecular complexity index is 1160. The Hall–Kier alpha value is -3.66. The molecule has 5 unspecified atom stereocenters. The molecule has 1 amide bonds. The van der Waals surface area contributed by atoms with Gasteiger partial charge in [0.25, 0.3) is 5.91 Å². The molecule has 10 heteroatoms. The molecule has 0 radical (unpaired) electrons. The minimum absolute atomic E-state index is 0.0336. The first-order valence-corrected chi connectivity index (χ1v) is 9.89. The highest BCUT2D eigenvalue weighted by Gasteiger charge is 2.66. The first-order chi connectivity index (χ1) is 14.9. The van der Waals surface area contributed by atoms with Crippen LogP contribution in [-0.2, 0) is 23.9 Å². The van der Waals surface area contributed by atoms with Gasteiger partial charge in [0.05, 0.1) is 5.56 Å². The van der Waals surface area contributed by atoms with Crippen LogP contribution in [0.1, 0.15) is 37.3 Å². The Kier molecular flexibility index (Phi) is 4.67. The van der Waals surface area contributed by atoms with Gasteiger partial charge in [-0.05, 0) is 17.5 Å². The average molecular weight is 443 g/mol. The zero-order chi connectivity index (χ0) is 23.7. The molecule has 0 saturated heterocycles. The number of phenols is 1. The molecule has 1 aromatic rings. The van der Waals surface area contributed by atoms with Crippen LogP contribution in [0, 0.1) is 11.8 Å². The van der Waals surface area contributed by atoms with Gasteiger partial charge >= 0.3 is 5.97 Å². The van der Waals surface area contributed by atoms with Crippen molar-refractivity contribution in [3.63, 3.8) is 0 Å². The van der Waals surface area contributed by atoms with Crippen molar-refractivity contribution in [2.75, 3.05) is 0 Å². The van der Waals surface area contributed by atoms with Crippen molar-refractivity contribution in [2.24, 2.45) is 17.6 Å². The number of ether oxygens (including phenoxy) is 1. The van der Waals surface area contributed by atoms with Gasteiger partial charge in [0.2, 0.25) is 5.78 Å². The molecule has 0 aromatic heterocycles. The molecule has 1 aromatic carbocycles. The number of aliphatic hydroxyl groups is 3. The normalized spacial score (nSPS) is 31.6. The number of rotatable bonds is 2. The van der Waals surface area contributed by atoms with Crippen LogP contribution in [0.2, 0.25) is 0 Å². The highest BCUT2D eigenvalue weighted by atomic mass is 16.5. The maximum Gasteiger partial charge on any atom is 0.302 e. The molecule has 32 heavy (non-hydrogen) atoms. The average Bonchev–Trinajstić information content (AvgIpc) is 2.70. The summed E-state index contributed by atoms with van der Waals surface area (Å²) in [5.74, 6) is -9.44. The number of aliphatic hydroxyl groups excluding tert-OH is 2. The van der Waals surface area contributed by atoms with E-state index in [1.807, 2.05) is 0 Å². The van der Waals surface area contributed by atoms with Gasteiger partial charge in [-0.25, -0.2) is 0 Å². The van der Waals surface area contributed by atoms with Crippen LogP contribution < -0.4 is 5.73 Å². The van der Waals surface area contributed by atoms with Gasteiger partial charge in [-0.1, -0.05) is 19.1 Å². The van der Waals surface area contributed by atoms with E-state index in [0.29, 0.717) is 5.56 Å². The highest BCUT2D eigenvalue weighted by molar-refractivity contribution is 6.23. The number of hydrogen-bond acceptors (Lipinski definition) is 9. The fourth-order valence-electron chi connectivity index (χ4n) is 5.27. The third-order valence-corrected chi connectivity index (χ3v) is 6.64. The fraction of sp³-hybridized carbons (Fsp3) is 0.364. The highest BCUT2D eigenvalue weighted by Crippen LogP contribution is 2.56. The standard InChI is InChI=1S/C22H21NO9/c1-7-9-4-3-5-11(25)14(9)17(27)16-13(7)18(32-8(2)24)10-6-12(26)15(21(23)30)19(28)22(10,31)20(16)29/h3-5,7,10,13,18,25,27-28,31H,6H2,1-2H3,(H2,23,30). The van der Waals surface area contributed by atoms with Crippen LogP contribution in [0.3, 0.4) is 0 Å². The summed E-state index contributed by atoms with van der Waals surface area (Å²) >= 11 is 0. The van der Waals surface area contributed by atoms with Crippen molar-refractivity contribution in [2.45, 2.75) is 37.9 Å². The molecule has 168 valence electrons. The van der Waals surface area contributed by atoms with Crippen molar-refractivity contribution < 1.29 is 44.3 Å². The molecule has 0 aliphatic heterocycles. The number of benzene rings is 1. The van der Waals surface area contributed by atoms with Crippen molar-refractivity contribution in [3.05, 3.63) is 46.2 Å². The fourth-order valence-corrected chi connectivity index (χ4v) is 5.27. The van der Waals surface area contributed by atoms with Crippen molar-refractivity contribution in [1.29, 1.82) is 0 Å². The summed E-state index contributed by atoms with van der Waals surface area (Å²) < 4.78 is 5.44. The van der Waals surface area contributed by atoms with E-state index >= 15 is 0 Å². The minimum Gasteiger partial charge on any atom is -0.508 e. The Balaban J connectivity index is 2.06. The molecule has 5 atom stereocenters. The number of nitrogens with two attached hydrogens (primary N) is 1. The van der Waals surface area contributed by atoms with Crippen LogP contribution in [0.25, 0.3) is 5.76 Å². The molecule has 1 fully saturated rings. The van der Waals surface area contributed by atoms with Gasteiger partial charge in [-0.2, -0.15) is 0 Å². The molecule has 3 aliphatic carbocycles. The summed E-state index contributed by atoms with van der Waals surface area (Å²) in [6, 6.07) is 4.47. The lowest BCUT2D eigenvalue weighted by molar-refractivity contribution is -0.177. The minimum atomic E-state index is -2.85. The van der Waals surface area contributed by atoms with E-state index in [9.17, 15) is 39.6 Å². The topological polar surface area (TPSA) is 184 Å². The summed E-state index contributed by atoms with van der Waals surface area (Å²) in [7, 11) is 0. The smallest absolute Gasteiger partial charge is 0.302 e. The van der Waals surface area contributed by atoms with Crippen molar-refractivity contribution >= 4 is 29.2 Å². The number of phenolic OH excluding ortho intramolecular Hbond substituents is 1. The monoisotopic (exact) mass is 443 g/mol. The number of amides is 1. The molecule has 0 heterocycles. The van der Waals surface area contributed by atoms with E-state index in [0.717, 1.165) is 6.92 Å². The third-order valence-electron chi connectivity index (χ3n) is 6.64. The Morgan fingerprint density at radius 2 is 1.84 bits per heavy atom. The number of carbonyl (C=O) groups excluding carboxylic acids is 4. The molecular formula is C22H21NO9. The summed E-state index contributed by atoms with van der Waals surface area (Å²) in [6.07, 6.45) is -1.93. The number of primary amides is 1. The van der Waals surface area contributed by atoms with E-state index in [4.69, 9.17) is 10.5 Å². The zero-order valence-corrected chi connectivity index (χ0v) is 17.2. The van der Waals surface area contributed by atoms with Crippen LogP contribution >= 0.6 is 0 Å². The number of aromatic hydroxyl groups is 1. The maximum absolute atomic E-state index is 13.6. The molecule has 0 bridgehead atoms. The van der Waals surface area contributed by atoms with Crippen LogP contribution in [0.4, 0.5) is 0 Å². The van der Waals surface area contributed by atoms with Crippen molar-refractivity contribution in [3.8, 4) is 5.75 Å². The molecule has 1 saturated carbocycles. The van der Waals surface area contributed by atoms with Gasteiger partial charge in [-0.15, -0.1) is 0 Å². The molecule has 10 nitrogen and oxygen atoms in total. The van der Waals surface area contributed by atoms with Crippen molar-refractivity contribution in [1.82, 2.24) is 0 Å². The first-order valence-electron chi connectivity index (χ1n) is 9.89. The van der Waals surface area contributed by atoms with Crippen LogP contribution in [-0.4, -0.2) is 55.6 Å². The molecule has 0 spiro atoms. The van der Waals surface area contributed by atoms with Crippen LogP contribution in [0.5, 0.6) is 5.75 Å². The van der Waals surface area contributed by atoms with Gasteiger partial charge in [0, 0.05) is 30.8 Å². The van der Waals surface area contributed by atoms with E-state index in [1.54, 1.807) is 19.1 Å². The SMILES string of the molecule is CC(=O)OC1C2C(=C(O)c3c(O)cccc3C2C)C(=O)C2(O)C(O)=C(C(N)=O)C(=O)CC12. The lowest BCUT2D eigenvalue weighted by Crippen LogP contribution is -2.64. The second kappa shape index (κ2) is 6.92. The Morgan fingerprint density at radius 1 is 1.19 bits per heavy atom. The van der Waals surface area contributed by atoms with E-state index < -0.39 is 76.4 Å². The quantitative estimate of drug-likeness (QED) is 0.321. The summed E-state index contributed by atoms with van der Waals surface area (Å²) in [4.78, 5) is 49.8. The van der Waals surface area contributed by atoms with Gasteiger partial charge < -0.3 is 30.9 Å². The van der Waals surface area contributed by atoms with Gasteiger partial charge in [0.1, 0.15) is 28.9 Å². The summed E-state index contributed by atoms with van der Waals surface area (Å²) in [5.41, 5.74) is 1.44. The summed E-state index contributed by atoms with van der Waals surface area (Å²) in [6.45, 7) is 2.78.